The van der Waals surface area contributed by atoms with Gasteiger partial charge in [0.25, 0.3) is 5.91 Å². The van der Waals surface area contributed by atoms with Crippen molar-refractivity contribution in [1.29, 1.82) is 0 Å². The number of rotatable bonds is 4. The van der Waals surface area contributed by atoms with E-state index in [9.17, 15) is 9.59 Å². The van der Waals surface area contributed by atoms with Gasteiger partial charge in [-0.3, -0.25) is 14.5 Å². The van der Waals surface area contributed by atoms with Crippen molar-refractivity contribution in [2.45, 2.75) is 32.4 Å². The molecule has 3 aromatic rings. The number of hydrogen-bond acceptors (Lipinski definition) is 5. The second-order valence-electron chi connectivity index (χ2n) is 9.00. The number of piperazine rings is 1. The highest BCUT2D eigenvalue weighted by atomic mass is 32.1. The Labute approximate surface area is 198 Å². The second kappa shape index (κ2) is 9.15. The fourth-order valence-corrected chi connectivity index (χ4v) is 5.88. The zero-order valence-corrected chi connectivity index (χ0v) is 19.9. The lowest BCUT2D eigenvalue weighted by Crippen LogP contribution is -2.57. The average molecular weight is 464 g/mol. The molecular weight excluding hydrogens is 434 g/mol. The number of thiophene rings is 1. The Morgan fingerprint density at radius 2 is 1.91 bits per heavy atom. The Bertz CT molecular complexity index is 1120. The van der Waals surface area contributed by atoms with Crippen LogP contribution in [0.2, 0.25) is 0 Å². The van der Waals surface area contributed by atoms with Gasteiger partial charge in [0.2, 0.25) is 5.91 Å². The normalized spacial score (nSPS) is 21.2. The van der Waals surface area contributed by atoms with E-state index in [1.165, 1.54) is 27.8 Å². The minimum atomic E-state index is -0.111. The quantitative estimate of drug-likeness (QED) is 0.588. The predicted octanol–water partition coefficient (Wildman–Crippen LogP) is 3.97. The van der Waals surface area contributed by atoms with E-state index in [4.69, 9.17) is 4.42 Å². The van der Waals surface area contributed by atoms with E-state index >= 15 is 0 Å². The van der Waals surface area contributed by atoms with Crippen LogP contribution >= 0.6 is 11.3 Å². The number of fused-ring (bicyclic) bond motifs is 1. The maximum Gasteiger partial charge on any atom is 0.289 e. The lowest BCUT2D eigenvalue weighted by Gasteiger charge is -2.41. The third-order valence-corrected chi connectivity index (χ3v) is 7.77. The van der Waals surface area contributed by atoms with Gasteiger partial charge >= 0.3 is 0 Å². The molecule has 1 fully saturated rings. The number of aryl methyl sites for hydroxylation is 1. The van der Waals surface area contributed by atoms with E-state index in [2.05, 4.69) is 47.5 Å². The molecule has 5 rings (SSSR count). The molecule has 0 N–H and O–H groups in total. The van der Waals surface area contributed by atoms with Gasteiger partial charge in [0, 0.05) is 37.1 Å². The van der Waals surface area contributed by atoms with Crippen molar-refractivity contribution in [3.63, 3.8) is 0 Å². The molecule has 7 heteroatoms. The summed E-state index contributed by atoms with van der Waals surface area (Å²) in [4.78, 5) is 33.5. The van der Waals surface area contributed by atoms with Gasteiger partial charge in [-0.1, -0.05) is 29.8 Å². The summed E-state index contributed by atoms with van der Waals surface area (Å²) in [6.07, 6.45) is 2.49. The fraction of sp³-hybridized carbons (Fsp3) is 0.385. The highest BCUT2D eigenvalue weighted by molar-refractivity contribution is 7.10. The van der Waals surface area contributed by atoms with Crippen molar-refractivity contribution < 1.29 is 14.0 Å². The van der Waals surface area contributed by atoms with Crippen molar-refractivity contribution >= 4 is 23.2 Å². The first-order valence-corrected chi connectivity index (χ1v) is 12.4. The highest BCUT2D eigenvalue weighted by Gasteiger charge is 2.35. The monoisotopic (exact) mass is 463 g/mol. The van der Waals surface area contributed by atoms with Gasteiger partial charge in [0.1, 0.15) is 0 Å². The summed E-state index contributed by atoms with van der Waals surface area (Å²) >= 11 is 1.81. The predicted molar refractivity (Wildman–Crippen MR) is 128 cm³/mol. The smallest absolute Gasteiger partial charge is 0.289 e. The second-order valence-corrected chi connectivity index (χ2v) is 10.00. The van der Waals surface area contributed by atoms with Crippen molar-refractivity contribution in [3.8, 4) is 0 Å². The van der Waals surface area contributed by atoms with Crippen molar-refractivity contribution in [2.24, 2.45) is 0 Å². The molecule has 2 aliphatic rings. The zero-order chi connectivity index (χ0) is 22.9. The molecule has 1 saturated heterocycles. The Kier molecular flexibility index (Phi) is 6.08. The van der Waals surface area contributed by atoms with E-state index in [-0.39, 0.29) is 23.9 Å². The number of hydrogen-bond donors (Lipinski definition) is 0. The maximum absolute atomic E-state index is 13.4. The molecule has 2 aliphatic heterocycles. The zero-order valence-electron chi connectivity index (χ0n) is 19.1. The van der Waals surface area contributed by atoms with Crippen LogP contribution in [0.15, 0.2) is 58.5 Å². The fourth-order valence-electron chi connectivity index (χ4n) is 4.98. The van der Waals surface area contributed by atoms with Gasteiger partial charge < -0.3 is 14.2 Å². The minimum absolute atomic E-state index is 0.0574. The summed E-state index contributed by atoms with van der Waals surface area (Å²) in [5, 5.41) is 2.16. The molecule has 4 heterocycles. The summed E-state index contributed by atoms with van der Waals surface area (Å²) in [6.45, 7) is 6.94. The molecule has 6 nitrogen and oxygen atoms in total. The van der Waals surface area contributed by atoms with Gasteiger partial charge in [-0.15, -0.1) is 11.3 Å². The third-order valence-electron chi connectivity index (χ3n) is 6.77. The van der Waals surface area contributed by atoms with Gasteiger partial charge in [-0.2, -0.15) is 0 Å². The van der Waals surface area contributed by atoms with Crippen molar-refractivity contribution in [3.05, 3.63) is 81.4 Å². The number of nitrogens with zero attached hydrogens (tertiary/aromatic N) is 3. The molecule has 0 spiro atoms. The third kappa shape index (κ3) is 4.35. The van der Waals surface area contributed by atoms with Crippen LogP contribution in [0.5, 0.6) is 0 Å². The van der Waals surface area contributed by atoms with Crippen LogP contribution in [-0.2, 0) is 11.2 Å². The molecule has 33 heavy (non-hydrogen) atoms. The maximum atomic E-state index is 13.4. The first-order chi connectivity index (χ1) is 16.0. The molecule has 2 aromatic heterocycles. The molecule has 0 radical (unpaired) electrons. The van der Waals surface area contributed by atoms with E-state index in [0.717, 1.165) is 13.0 Å². The van der Waals surface area contributed by atoms with Crippen LogP contribution in [0.4, 0.5) is 0 Å². The average Bonchev–Trinajstić information content (AvgIpc) is 3.51. The molecule has 172 valence electrons. The number of furan rings is 1. The summed E-state index contributed by atoms with van der Waals surface area (Å²) in [7, 11) is 0. The number of carbonyl (C=O) groups excluding carboxylic acids is 2. The topological polar surface area (TPSA) is 57.0 Å². The lowest BCUT2D eigenvalue weighted by atomic mass is 9.92. The van der Waals surface area contributed by atoms with Crippen molar-refractivity contribution in [1.82, 2.24) is 14.7 Å². The van der Waals surface area contributed by atoms with E-state index < -0.39 is 0 Å². The van der Waals surface area contributed by atoms with E-state index in [1.54, 1.807) is 17.0 Å². The lowest BCUT2D eigenvalue weighted by molar-refractivity contribution is -0.135. The molecule has 2 amide bonds. The molecule has 0 bridgehead atoms. The Balaban J connectivity index is 1.29. The number of amides is 2. The minimum Gasteiger partial charge on any atom is -0.459 e. The summed E-state index contributed by atoms with van der Waals surface area (Å²) in [5.41, 5.74) is 3.79. The highest BCUT2D eigenvalue weighted by Crippen LogP contribution is 2.37. The summed E-state index contributed by atoms with van der Waals surface area (Å²) < 4.78 is 5.28. The van der Waals surface area contributed by atoms with Crippen molar-refractivity contribution in [2.75, 3.05) is 32.7 Å². The van der Waals surface area contributed by atoms with Crippen LogP contribution in [0.1, 0.15) is 45.1 Å². The first-order valence-electron chi connectivity index (χ1n) is 11.5. The van der Waals surface area contributed by atoms with Crippen LogP contribution in [0.25, 0.3) is 0 Å². The Hall–Kier alpha value is -2.90. The van der Waals surface area contributed by atoms with Crippen LogP contribution in [-0.4, -0.2) is 65.3 Å². The van der Waals surface area contributed by atoms with E-state index in [1.807, 2.05) is 23.2 Å². The van der Waals surface area contributed by atoms with E-state index in [0.29, 0.717) is 31.9 Å². The number of benzene rings is 1. The molecule has 0 aliphatic carbocycles. The molecule has 0 unspecified atom stereocenters. The van der Waals surface area contributed by atoms with Gasteiger partial charge in [-0.25, -0.2) is 0 Å². The summed E-state index contributed by atoms with van der Waals surface area (Å²) in [5.74, 6) is 0.366. The van der Waals surface area contributed by atoms with Crippen LogP contribution < -0.4 is 0 Å². The SMILES string of the molecule is Cc1ccc([C@@H]2c3ccsc3CCN2CC(=O)N2CCN(C(=O)c3ccco3)[C@@H](C)C2)cc1. The molecule has 1 aromatic carbocycles. The Morgan fingerprint density at radius 1 is 1.09 bits per heavy atom. The largest absolute Gasteiger partial charge is 0.459 e. The number of carbonyl (C=O) groups is 2. The van der Waals surface area contributed by atoms with Gasteiger partial charge in [-0.05, 0) is 55.0 Å². The standard InChI is InChI=1S/C26H29N3O3S/c1-18-5-7-20(8-6-18)25-21-10-15-33-23(21)9-11-28(25)17-24(30)27-12-13-29(19(2)16-27)26(31)22-4-3-14-32-22/h3-8,10,14-15,19,25H,9,11-13,16-17H2,1-2H3/t19-,25+/m0/s1. The van der Waals surface area contributed by atoms with Gasteiger partial charge in [0.05, 0.1) is 18.8 Å². The first kappa shape index (κ1) is 21.9. The molecular formula is C26H29N3O3S. The summed E-state index contributed by atoms with van der Waals surface area (Å²) in [6, 6.07) is 14.3. The van der Waals surface area contributed by atoms with Gasteiger partial charge in [0.15, 0.2) is 5.76 Å². The Morgan fingerprint density at radius 3 is 2.64 bits per heavy atom. The molecule has 2 atom stereocenters. The van der Waals surface area contributed by atoms with Crippen LogP contribution in [0, 0.1) is 6.92 Å². The molecule has 0 saturated carbocycles. The van der Waals surface area contributed by atoms with Crippen LogP contribution in [0.3, 0.4) is 0 Å².